The number of aliphatic hydroxyl groups excluding tert-OH is 1. The van der Waals surface area contributed by atoms with E-state index in [-0.39, 0.29) is 31.0 Å². The summed E-state index contributed by atoms with van der Waals surface area (Å²) in [6, 6.07) is 10.2. The third kappa shape index (κ3) is 2.59. The summed E-state index contributed by atoms with van der Waals surface area (Å²) in [6.45, 7) is 2.20. The van der Waals surface area contributed by atoms with Gasteiger partial charge in [0.05, 0.1) is 24.9 Å². The van der Waals surface area contributed by atoms with E-state index < -0.39 is 0 Å². The highest BCUT2D eigenvalue weighted by Gasteiger charge is 2.45. The zero-order valence-electron chi connectivity index (χ0n) is 11.1. The van der Waals surface area contributed by atoms with Gasteiger partial charge in [-0.2, -0.15) is 0 Å². The molecular weight excluding hydrogens is 240 g/mol. The van der Waals surface area contributed by atoms with Crippen molar-refractivity contribution in [3.63, 3.8) is 0 Å². The number of rotatable bonds is 3. The van der Waals surface area contributed by atoms with Gasteiger partial charge < -0.3 is 14.6 Å². The number of aliphatic hydroxyl groups is 1. The van der Waals surface area contributed by atoms with Crippen LogP contribution < -0.4 is 0 Å². The number of benzene rings is 1. The molecule has 2 heterocycles. The topological polar surface area (TPSA) is 38.7 Å². The molecule has 0 aromatic heterocycles. The van der Waals surface area contributed by atoms with E-state index in [9.17, 15) is 5.11 Å². The molecule has 0 spiro atoms. The lowest BCUT2D eigenvalue weighted by atomic mass is 9.91. The van der Waals surface area contributed by atoms with Gasteiger partial charge in [0.25, 0.3) is 0 Å². The Hall–Kier alpha value is -1.16. The molecule has 1 aromatic rings. The van der Waals surface area contributed by atoms with Gasteiger partial charge in [0.15, 0.2) is 0 Å². The second-order valence-electron chi connectivity index (χ2n) is 5.40. The normalized spacial score (nSPS) is 37.9. The van der Waals surface area contributed by atoms with Gasteiger partial charge in [-0.05, 0) is 5.56 Å². The third-order valence-corrected chi connectivity index (χ3v) is 4.12. The SMILES string of the molecule is C[C@H]1[C@H](/C=C/c2ccccc2)O[C@@H]2C[C@H]1O[C@@H]2CO. The van der Waals surface area contributed by atoms with E-state index in [1.54, 1.807) is 0 Å². The largest absolute Gasteiger partial charge is 0.394 e. The van der Waals surface area contributed by atoms with Crippen molar-refractivity contribution in [1.29, 1.82) is 0 Å². The molecule has 5 atom stereocenters. The summed E-state index contributed by atoms with van der Waals surface area (Å²) in [5.74, 6) is 0.327. The number of hydrogen-bond donors (Lipinski definition) is 1. The van der Waals surface area contributed by atoms with Crippen molar-refractivity contribution in [3.8, 4) is 0 Å². The van der Waals surface area contributed by atoms with Crippen LogP contribution in [0.2, 0.25) is 0 Å². The van der Waals surface area contributed by atoms with E-state index in [0.717, 1.165) is 6.42 Å². The first-order chi connectivity index (χ1) is 9.28. The standard InChI is InChI=1S/C16H20O3/c1-11-13(8-7-12-5-3-2-4-6-12)18-15-9-14(11)19-16(15)10-17/h2-8,11,13-17H,9-10H2,1H3/b8-7+/t11-,13-,14+,15+,16+/m0/s1. The molecule has 0 saturated carbocycles. The molecule has 19 heavy (non-hydrogen) atoms. The smallest absolute Gasteiger partial charge is 0.107 e. The molecule has 1 aromatic carbocycles. The highest BCUT2D eigenvalue weighted by molar-refractivity contribution is 5.49. The van der Waals surface area contributed by atoms with Gasteiger partial charge in [-0.15, -0.1) is 0 Å². The summed E-state index contributed by atoms with van der Waals surface area (Å²) in [6.07, 6.45) is 5.28. The van der Waals surface area contributed by atoms with Gasteiger partial charge in [-0.25, -0.2) is 0 Å². The molecule has 0 amide bonds. The lowest BCUT2D eigenvalue weighted by Crippen LogP contribution is -2.38. The lowest BCUT2D eigenvalue weighted by Gasteiger charge is -2.31. The molecule has 0 aliphatic carbocycles. The Bertz CT molecular complexity index is 443. The van der Waals surface area contributed by atoms with E-state index in [4.69, 9.17) is 9.47 Å². The van der Waals surface area contributed by atoms with Crippen molar-refractivity contribution in [2.45, 2.75) is 37.8 Å². The lowest BCUT2D eigenvalue weighted by molar-refractivity contribution is -0.0458. The first-order valence-electron chi connectivity index (χ1n) is 6.93. The quantitative estimate of drug-likeness (QED) is 0.906. The number of ether oxygens (including phenoxy) is 2. The van der Waals surface area contributed by atoms with Crippen molar-refractivity contribution >= 4 is 6.08 Å². The molecule has 2 aliphatic heterocycles. The molecule has 2 fully saturated rings. The second-order valence-corrected chi connectivity index (χ2v) is 5.40. The minimum Gasteiger partial charge on any atom is -0.394 e. The Morgan fingerprint density at radius 2 is 2.00 bits per heavy atom. The number of hydrogen-bond acceptors (Lipinski definition) is 3. The number of fused-ring (bicyclic) bond motifs is 2. The van der Waals surface area contributed by atoms with Crippen LogP contribution in [-0.2, 0) is 9.47 Å². The van der Waals surface area contributed by atoms with Crippen LogP contribution in [0.15, 0.2) is 36.4 Å². The van der Waals surface area contributed by atoms with Gasteiger partial charge in [-0.3, -0.25) is 0 Å². The Labute approximate surface area is 113 Å². The summed E-state index contributed by atoms with van der Waals surface area (Å²) in [4.78, 5) is 0. The Kier molecular flexibility index (Phi) is 3.69. The van der Waals surface area contributed by atoms with E-state index in [2.05, 4.69) is 31.2 Å². The maximum Gasteiger partial charge on any atom is 0.107 e. The van der Waals surface area contributed by atoms with Crippen LogP contribution in [0, 0.1) is 5.92 Å². The fourth-order valence-corrected chi connectivity index (χ4v) is 2.92. The molecule has 0 unspecified atom stereocenters. The minimum atomic E-state index is -0.150. The van der Waals surface area contributed by atoms with Crippen LogP contribution in [0.5, 0.6) is 0 Å². The summed E-state index contributed by atoms with van der Waals surface area (Å²) < 4.78 is 11.9. The van der Waals surface area contributed by atoms with Crippen LogP contribution in [-0.4, -0.2) is 36.1 Å². The monoisotopic (exact) mass is 260 g/mol. The molecule has 2 saturated heterocycles. The molecule has 3 nitrogen and oxygen atoms in total. The highest BCUT2D eigenvalue weighted by atomic mass is 16.6. The molecule has 2 aliphatic rings. The first kappa shape index (κ1) is 12.9. The molecule has 3 rings (SSSR count). The minimum absolute atomic E-state index is 0.0385. The van der Waals surface area contributed by atoms with Crippen LogP contribution in [0.4, 0.5) is 0 Å². The summed E-state index contributed by atoms with van der Waals surface area (Å²) >= 11 is 0. The molecule has 2 bridgehead atoms. The van der Waals surface area contributed by atoms with Gasteiger partial charge in [0.2, 0.25) is 0 Å². The summed E-state index contributed by atoms with van der Waals surface area (Å²) in [5.41, 5.74) is 1.18. The molecule has 102 valence electrons. The molecule has 1 N–H and O–H groups in total. The van der Waals surface area contributed by atoms with E-state index >= 15 is 0 Å². The van der Waals surface area contributed by atoms with Crippen molar-refractivity contribution in [3.05, 3.63) is 42.0 Å². The van der Waals surface area contributed by atoms with Gasteiger partial charge >= 0.3 is 0 Å². The van der Waals surface area contributed by atoms with Crippen molar-refractivity contribution < 1.29 is 14.6 Å². The molecule has 0 radical (unpaired) electrons. The summed E-state index contributed by atoms with van der Waals surface area (Å²) in [7, 11) is 0. The van der Waals surface area contributed by atoms with Gasteiger partial charge in [-0.1, -0.05) is 49.4 Å². The average molecular weight is 260 g/mol. The molecular formula is C16H20O3. The van der Waals surface area contributed by atoms with E-state index in [1.165, 1.54) is 5.56 Å². The average Bonchev–Trinajstić information content (AvgIpc) is 2.81. The Balaban J connectivity index is 1.71. The van der Waals surface area contributed by atoms with Crippen molar-refractivity contribution in [2.24, 2.45) is 5.92 Å². The highest BCUT2D eigenvalue weighted by Crippen LogP contribution is 2.37. The van der Waals surface area contributed by atoms with Crippen LogP contribution in [0.3, 0.4) is 0 Å². The predicted molar refractivity (Wildman–Crippen MR) is 73.7 cm³/mol. The van der Waals surface area contributed by atoms with Crippen molar-refractivity contribution in [1.82, 2.24) is 0 Å². The predicted octanol–water partition coefficient (Wildman–Crippen LogP) is 2.25. The second kappa shape index (κ2) is 5.45. The summed E-state index contributed by atoms with van der Waals surface area (Å²) in [5, 5.41) is 9.27. The van der Waals surface area contributed by atoms with Crippen LogP contribution >= 0.6 is 0 Å². The zero-order valence-corrected chi connectivity index (χ0v) is 11.1. The maximum atomic E-state index is 9.27. The maximum absolute atomic E-state index is 9.27. The van der Waals surface area contributed by atoms with E-state index in [1.807, 2.05) is 18.2 Å². The van der Waals surface area contributed by atoms with Gasteiger partial charge in [0, 0.05) is 12.3 Å². The van der Waals surface area contributed by atoms with Crippen molar-refractivity contribution in [2.75, 3.05) is 6.61 Å². The fourth-order valence-electron chi connectivity index (χ4n) is 2.92. The fraction of sp³-hybridized carbons (Fsp3) is 0.500. The first-order valence-corrected chi connectivity index (χ1v) is 6.93. The van der Waals surface area contributed by atoms with Crippen LogP contribution in [0.25, 0.3) is 6.08 Å². The van der Waals surface area contributed by atoms with E-state index in [0.29, 0.717) is 5.92 Å². The Morgan fingerprint density at radius 1 is 1.21 bits per heavy atom. The zero-order chi connectivity index (χ0) is 13.2. The Morgan fingerprint density at radius 3 is 2.74 bits per heavy atom. The third-order valence-electron chi connectivity index (χ3n) is 4.12. The van der Waals surface area contributed by atoms with Gasteiger partial charge in [0.1, 0.15) is 6.10 Å². The van der Waals surface area contributed by atoms with Crippen LogP contribution in [0.1, 0.15) is 18.9 Å². The molecule has 3 heteroatoms.